The van der Waals surface area contributed by atoms with Gasteiger partial charge in [-0.05, 0) is 46.2 Å². The smallest absolute Gasteiger partial charge is 0.225 e. The van der Waals surface area contributed by atoms with Gasteiger partial charge in [-0.25, -0.2) is 0 Å². The number of ether oxygens (including phenoxy) is 1. The molecular formula is C16H32N2O2. The van der Waals surface area contributed by atoms with Crippen molar-refractivity contribution < 1.29 is 9.53 Å². The van der Waals surface area contributed by atoms with Crippen LogP contribution in [0.25, 0.3) is 0 Å². The van der Waals surface area contributed by atoms with E-state index in [1.165, 1.54) is 12.8 Å². The van der Waals surface area contributed by atoms with Crippen LogP contribution in [0.5, 0.6) is 0 Å². The molecule has 0 unspecified atom stereocenters. The minimum atomic E-state index is 0.241. The Morgan fingerprint density at radius 3 is 2.60 bits per heavy atom. The van der Waals surface area contributed by atoms with Gasteiger partial charge in [0.2, 0.25) is 5.91 Å². The predicted molar refractivity (Wildman–Crippen MR) is 82.8 cm³/mol. The summed E-state index contributed by atoms with van der Waals surface area (Å²) in [5, 5.41) is 3.32. The molecule has 1 fully saturated rings. The Bertz CT molecular complexity index is 263. The van der Waals surface area contributed by atoms with E-state index in [1.807, 2.05) is 4.90 Å². The van der Waals surface area contributed by atoms with Crippen LogP contribution in [-0.4, -0.2) is 49.2 Å². The number of carbonyl (C=O) groups excluding carboxylic acids is 1. The van der Waals surface area contributed by atoms with Crippen molar-refractivity contribution in [3.8, 4) is 0 Å². The largest absolute Gasteiger partial charge is 0.378 e. The lowest BCUT2D eigenvalue weighted by Crippen LogP contribution is -2.38. The van der Waals surface area contributed by atoms with Gasteiger partial charge in [0.15, 0.2) is 0 Å². The zero-order chi connectivity index (χ0) is 14.8. The Labute approximate surface area is 124 Å². The third-order valence-corrected chi connectivity index (χ3v) is 3.90. The summed E-state index contributed by atoms with van der Waals surface area (Å²) in [5.74, 6) is 0.241. The molecule has 1 N–H and O–H groups in total. The summed E-state index contributed by atoms with van der Waals surface area (Å²) < 4.78 is 5.82. The molecule has 0 spiro atoms. The lowest BCUT2D eigenvalue weighted by atomic mass is 10.1. The van der Waals surface area contributed by atoms with E-state index in [-0.39, 0.29) is 5.91 Å². The number of unbranched alkanes of at least 4 members (excludes halogenated alkanes) is 2. The van der Waals surface area contributed by atoms with E-state index in [9.17, 15) is 4.79 Å². The molecule has 20 heavy (non-hydrogen) atoms. The third kappa shape index (κ3) is 6.71. The van der Waals surface area contributed by atoms with Gasteiger partial charge >= 0.3 is 0 Å². The quantitative estimate of drug-likeness (QED) is 0.662. The van der Waals surface area contributed by atoms with Crippen LogP contribution in [0.3, 0.4) is 0 Å². The van der Waals surface area contributed by atoms with Crippen LogP contribution in [0, 0.1) is 0 Å². The Kier molecular flexibility index (Phi) is 8.86. The van der Waals surface area contributed by atoms with E-state index in [0.29, 0.717) is 25.2 Å². The van der Waals surface area contributed by atoms with Crippen LogP contribution < -0.4 is 5.32 Å². The molecule has 118 valence electrons. The molecule has 0 aliphatic carbocycles. The first-order valence-electron chi connectivity index (χ1n) is 8.27. The summed E-state index contributed by atoms with van der Waals surface area (Å²) in [6.45, 7) is 9.91. The van der Waals surface area contributed by atoms with Gasteiger partial charge in [0, 0.05) is 12.6 Å². The van der Waals surface area contributed by atoms with Crippen LogP contribution in [0.15, 0.2) is 0 Å². The van der Waals surface area contributed by atoms with Crippen LogP contribution >= 0.6 is 0 Å². The van der Waals surface area contributed by atoms with Crippen molar-refractivity contribution in [3.63, 3.8) is 0 Å². The first-order valence-corrected chi connectivity index (χ1v) is 8.27. The number of rotatable bonds is 9. The highest BCUT2D eigenvalue weighted by Gasteiger charge is 2.18. The van der Waals surface area contributed by atoms with Gasteiger partial charge in [0.1, 0.15) is 0 Å². The van der Waals surface area contributed by atoms with Gasteiger partial charge < -0.3 is 15.0 Å². The van der Waals surface area contributed by atoms with E-state index in [2.05, 4.69) is 26.1 Å². The molecule has 0 saturated carbocycles. The van der Waals surface area contributed by atoms with Gasteiger partial charge in [0.05, 0.1) is 19.1 Å². The van der Waals surface area contributed by atoms with Crippen LogP contribution in [0.1, 0.15) is 59.3 Å². The number of nitrogens with one attached hydrogen (secondary N) is 1. The first-order chi connectivity index (χ1) is 9.65. The van der Waals surface area contributed by atoms with Crippen molar-refractivity contribution in [2.75, 3.05) is 26.2 Å². The van der Waals surface area contributed by atoms with Crippen LogP contribution in [0.2, 0.25) is 0 Å². The predicted octanol–water partition coefficient (Wildman–Crippen LogP) is 2.57. The summed E-state index contributed by atoms with van der Waals surface area (Å²) in [7, 11) is 0. The highest BCUT2D eigenvalue weighted by atomic mass is 16.5. The second-order valence-electron chi connectivity index (χ2n) is 5.96. The minimum absolute atomic E-state index is 0.241. The average Bonchev–Trinajstić information content (AvgIpc) is 2.44. The van der Waals surface area contributed by atoms with Gasteiger partial charge in [-0.15, -0.1) is 0 Å². The Balaban J connectivity index is 2.22. The maximum absolute atomic E-state index is 12.3. The molecule has 0 radical (unpaired) electrons. The lowest BCUT2D eigenvalue weighted by molar-refractivity contribution is -0.134. The van der Waals surface area contributed by atoms with Crippen molar-refractivity contribution in [3.05, 3.63) is 0 Å². The maximum Gasteiger partial charge on any atom is 0.225 e. The summed E-state index contributed by atoms with van der Waals surface area (Å²) in [6, 6.07) is 0.290. The molecule has 0 aromatic carbocycles. The first kappa shape index (κ1) is 17.4. The topological polar surface area (TPSA) is 41.6 Å². The molecule has 1 aliphatic heterocycles. The van der Waals surface area contributed by atoms with Crippen molar-refractivity contribution >= 4 is 5.91 Å². The third-order valence-electron chi connectivity index (χ3n) is 3.90. The summed E-state index contributed by atoms with van der Waals surface area (Å²) in [5.41, 5.74) is 0. The maximum atomic E-state index is 12.3. The van der Waals surface area contributed by atoms with Gasteiger partial charge in [0.25, 0.3) is 0 Å². The molecule has 0 atom stereocenters. The van der Waals surface area contributed by atoms with Gasteiger partial charge in [-0.1, -0.05) is 19.8 Å². The standard InChI is InChI=1S/C16H32N2O2/c1-4-5-6-12-18(14(2)3)16(19)9-13-20-15-7-10-17-11-8-15/h14-15,17H,4-13H2,1-3H3. The van der Waals surface area contributed by atoms with E-state index in [4.69, 9.17) is 4.74 Å². The second kappa shape index (κ2) is 10.2. The summed E-state index contributed by atoms with van der Waals surface area (Å²) in [6.07, 6.45) is 6.50. The SMILES string of the molecule is CCCCCN(C(=O)CCOC1CCNCC1)C(C)C. The summed E-state index contributed by atoms with van der Waals surface area (Å²) in [4.78, 5) is 14.3. The van der Waals surface area contributed by atoms with E-state index < -0.39 is 0 Å². The molecule has 1 rings (SSSR count). The zero-order valence-electron chi connectivity index (χ0n) is 13.5. The number of hydrogen-bond donors (Lipinski definition) is 1. The second-order valence-corrected chi connectivity index (χ2v) is 5.96. The Morgan fingerprint density at radius 1 is 1.30 bits per heavy atom. The Morgan fingerprint density at radius 2 is 2.00 bits per heavy atom. The number of amides is 1. The molecule has 1 amide bonds. The normalized spacial score (nSPS) is 16.6. The molecule has 1 heterocycles. The lowest BCUT2D eigenvalue weighted by Gasteiger charge is -2.28. The highest BCUT2D eigenvalue weighted by molar-refractivity contribution is 5.76. The number of hydrogen-bond acceptors (Lipinski definition) is 3. The molecular weight excluding hydrogens is 252 g/mol. The molecule has 1 saturated heterocycles. The highest BCUT2D eigenvalue weighted by Crippen LogP contribution is 2.10. The van der Waals surface area contributed by atoms with E-state index in [1.54, 1.807) is 0 Å². The van der Waals surface area contributed by atoms with Gasteiger partial charge in [-0.2, -0.15) is 0 Å². The fourth-order valence-corrected chi connectivity index (χ4v) is 2.62. The van der Waals surface area contributed by atoms with Gasteiger partial charge in [-0.3, -0.25) is 4.79 Å². The number of piperidine rings is 1. The molecule has 4 heteroatoms. The Hall–Kier alpha value is -0.610. The number of nitrogens with zero attached hydrogens (tertiary/aromatic N) is 1. The molecule has 1 aliphatic rings. The molecule has 4 nitrogen and oxygen atoms in total. The van der Waals surface area contributed by atoms with Crippen molar-refractivity contribution in [1.29, 1.82) is 0 Å². The molecule has 0 aromatic rings. The molecule has 0 aromatic heterocycles. The average molecular weight is 284 g/mol. The van der Waals surface area contributed by atoms with Crippen LogP contribution in [0.4, 0.5) is 0 Å². The minimum Gasteiger partial charge on any atom is -0.378 e. The van der Waals surface area contributed by atoms with Crippen LogP contribution in [-0.2, 0) is 9.53 Å². The van der Waals surface area contributed by atoms with E-state index in [0.717, 1.165) is 38.9 Å². The fourth-order valence-electron chi connectivity index (χ4n) is 2.62. The van der Waals surface area contributed by atoms with Crippen molar-refractivity contribution in [1.82, 2.24) is 10.2 Å². The van der Waals surface area contributed by atoms with E-state index >= 15 is 0 Å². The number of carbonyl (C=O) groups is 1. The summed E-state index contributed by atoms with van der Waals surface area (Å²) >= 11 is 0. The van der Waals surface area contributed by atoms with Crippen molar-refractivity contribution in [2.45, 2.75) is 71.4 Å². The van der Waals surface area contributed by atoms with Crippen molar-refractivity contribution in [2.24, 2.45) is 0 Å². The molecule has 0 bridgehead atoms. The fraction of sp³-hybridized carbons (Fsp3) is 0.938. The zero-order valence-corrected chi connectivity index (χ0v) is 13.5. The monoisotopic (exact) mass is 284 g/mol.